The van der Waals surface area contributed by atoms with Crippen molar-refractivity contribution in [1.29, 1.82) is 0 Å². The van der Waals surface area contributed by atoms with E-state index in [1.165, 1.54) is 0 Å². The molecule has 13 heavy (non-hydrogen) atoms. The quantitative estimate of drug-likeness (QED) is 0.452. The first-order valence-corrected chi connectivity index (χ1v) is 5.82. The van der Waals surface area contributed by atoms with Crippen LogP contribution in [0.2, 0.25) is 0 Å². The Morgan fingerprint density at radius 2 is 2.08 bits per heavy atom. The maximum absolute atomic E-state index is 10.9. The molecule has 0 fully saturated rings. The van der Waals surface area contributed by atoms with Crippen molar-refractivity contribution in [1.82, 2.24) is 0 Å². The lowest BCUT2D eigenvalue weighted by atomic mass is 10.7. The number of halogens is 1. The van der Waals surface area contributed by atoms with Crippen LogP contribution in [0.15, 0.2) is 0 Å². The van der Waals surface area contributed by atoms with Crippen molar-refractivity contribution in [2.24, 2.45) is 0 Å². The molecule has 0 spiro atoms. The molecule has 0 aliphatic carbocycles. The van der Waals surface area contributed by atoms with Gasteiger partial charge in [0.25, 0.3) is 0 Å². The van der Waals surface area contributed by atoms with Crippen molar-refractivity contribution in [2.75, 3.05) is 13.2 Å². The summed E-state index contributed by atoms with van der Waals surface area (Å²) in [5, 5.41) is -0.449. The fourth-order valence-corrected chi connectivity index (χ4v) is 1.50. The largest absolute Gasteiger partial charge is 0.463 e. The molecule has 6 heteroatoms. The lowest BCUT2D eigenvalue weighted by molar-refractivity contribution is -0.146. The molecular weight excluding hydrogens is 307 g/mol. The Morgan fingerprint density at radius 3 is 2.54 bits per heavy atom. The van der Waals surface area contributed by atoms with Crippen molar-refractivity contribution in [3.8, 4) is 0 Å². The Morgan fingerprint density at radius 1 is 1.46 bits per heavy atom. The lowest BCUT2D eigenvalue weighted by Crippen LogP contribution is -2.14. The second-order valence-corrected chi connectivity index (χ2v) is 5.99. The van der Waals surface area contributed by atoms with Gasteiger partial charge in [-0.3, -0.25) is 0 Å². The Bertz CT molecular complexity index is 183. The van der Waals surface area contributed by atoms with Crippen molar-refractivity contribution in [3.63, 3.8) is 0 Å². The van der Waals surface area contributed by atoms with E-state index in [1.807, 2.05) is 6.92 Å². The molecule has 4 nitrogen and oxygen atoms in total. The molecule has 0 N–H and O–H groups in total. The standard InChI is InChI=1S/C7H11IO4S/c1-3-11-6(9)4-12-7(10)13-5(2)8/h5H,3-4H2,1-2H3. The Balaban J connectivity index is 3.52. The van der Waals surface area contributed by atoms with E-state index >= 15 is 0 Å². The number of carbonyl (C=O) groups is 2. The van der Waals surface area contributed by atoms with Crippen LogP contribution in [0.1, 0.15) is 13.8 Å². The molecule has 0 saturated heterocycles. The van der Waals surface area contributed by atoms with Gasteiger partial charge in [0.15, 0.2) is 6.61 Å². The number of thioether (sulfide) groups is 1. The van der Waals surface area contributed by atoms with Crippen LogP contribution in [0, 0.1) is 0 Å². The van der Waals surface area contributed by atoms with Gasteiger partial charge in [-0.25, -0.2) is 9.59 Å². The van der Waals surface area contributed by atoms with Crippen LogP contribution in [-0.2, 0) is 14.3 Å². The van der Waals surface area contributed by atoms with Gasteiger partial charge in [0.2, 0.25) is 0 Å². The molecule has 0 aromatic heterocycles. The molecule has 0 rings (SSSR count). The highest BCUT2D eigenvalue weighted by Crippen LogP contribution is 2.18. The van der Waals surface area contributed by atoms with Crippen LogP contribution in [-0.4, -0.2) is 27.7 Å². The van der Waals surface area contributed by atoms with Crippen molar-refractivity contribution in [3.05, 3.63) is 0 Å². The zero-order chi connectivity index (χ0) is 10.3. The van der Waals surface area contributed by atoms with E-state index in [0.717, 1.165) is 11.8 Å². The molecule has 0 radical (unpaired) electrons. The minimum atomic E-state index is -0.516. The minimum Gasteiger partial charge on any atom is -0.463 e. The molecule has 0 aliphatic rings. The molecule has 0 saturated carbocycles. The van der Waals surface area contributed by atoms with Crippen LogP contribution in [0.5, 0.6) is 0 Å². The van der Waals surface area contributed by atoms with Crippen LogP contribution >= 0.6 is 34.4 Å². The third-order valence-electron chi connectivity index (χ3n) is 0.872. The summed E-state index contributed by atoms with van der Waals surface area (Å²) in [6.45, 7) is 3.55. The Labute approximate surface area is 94.9 Å². The number of alkyl halides is 1. The van der Waals surface area contributed by atoms with E-state index in [4.69, 9.17) is 0 Å². The molecule has 0 aliphatic heterocycles. The number of rotatable bonds is 4. The predicted octanol–water partition coefficient (Wildman–Crippen LogP) is 2.20. The number of esters is 1. The van der Waals surface area contributed by atoms with E-state index < -0.39 is 11.3 Å². The molecule has 0 aromatic carbocycles. The molecule has 0 amide bonds. The van der Waals surface area contributed by atoms with E-state index in [-0.39, 0.29) is 9.86 Å². The van der Waals surface area contributed by atoms with Crippen molar-refractivity contribution in [2.45, 2.75) is 17.1 Å². The first-order chi connectivity index (χ1) is 6.06. The normalized spacial score (nSPS) is 11.9. The Kier molecular flexibility index (Phi) is 7.44. The van der Waals surface area contributed by atoms with Gasteiger partial charge in [-0.2, -0.15) is 0 Å². The van der Waals surface area contributed by atoms with Crippen LogP contribution in [0.4, 0.5) is 4.79 Å². The zero-order valence-corrected chi connectivity index (χ0v) is 10.4. The fourth-order valence-electron chi connectivity index (χ4n) is 0.487. The molecule has 1 unspecified atom stereocenters. The van der Waals surface area contributed by atoms with Gasteiger partial charge in [0, 0.05) is 0 Å². The molecule has 0 aromatic rings. The van der Waals surface area contributed by atoms with Gasteiger partial charge < -0.3 is 9.47 Å². The number of hydrogen-bond donors (Lipinski definition) is 0. The van der Waals surface area contributed by atoms with Gasteiger partial charge in [-0.15, -0.1) is 0 Å². The minimum absolute atomic E-state index is 0.132. The highest BCUT2D eigenvalue weighted by Gasteiger charge is 2.10. The monoisotopic (exact) mass is 318 g/mol. The zero-order valence-electron chi connectivity index (χ0n) is 7.41. The summed E-state index contributed by atoms with van der Waals surface area (Å²) in [5.41, 5.74) is 0. The van der Waals surface area contributed by atoms with Gasteiger partial charge in [0.1, 0.15) is 0 Å². The number of ether oxygens (including phenoxy) is 2. The van der Waals surface area contributed by atoms with Crippen molar-refractivity contribution < 1.29 is 19.1 Å². The number of hydrogen-bond acceptors (Lipinski definition) is 5. The second-order valence-electron chi connectivity index (χ2n) is 2.00. The average Bonchev–Trinajstić information content (AvgIpc) is 2.00. The van der Waals surface area contributed by atoms with Gasteiger partial charge >= 0.3 is 11.3 Å². The summed E-state index contributed by atoms with van der Waals surface area (Å²) in [6.07, 6.45) is 0. The van der Waals surface area contributed by atoms with E-state index in [9.17, 15) is 9.59 Å². The maximum Gasteiger partial charge on any atom is 0.368 e. The topological polar surface area (TPSA) is 52.6 Å². The smallest absolute Gasteiger partial charge is 0.368 e. The maximum atomic E-state index is 10.9. The average molecular weight is 318 g/mol. The summed E-state index contributed by atoms with van der Waals surface area (Å²) in [4.78, 5) is 21.6. The third-order valence-corrected chi connectivity index (χ3v) is 2.27. The first kappa shape index (κ1) is 13.0. The van der Waals surface area contributed by atoms with Crippen LogP contribution in [0.3, 0.4) is 0 Å². The summed E-state index contributed by atoms with van der Waals surface area (Å²) < 4.78 is 9.31. The molecule has 0 heterocycles. The van der Waals surface area contributed by atoms with Crippen LogP contribution in [0.25, 0.3) is 0 Å². The third kappa shape index (κ3) is 8.35. The predicted molar refractivity (Wildman–Crippen MR) is 59.1 cm³/mol. The summed E-state index contributed by atoms with van der Waals surface area (Å²) in [5.74, 6) is -0.516. The summed E-state index contributed by atoms with van der Waals surface area (Å²) >= 11 is 3.11. The molecular formula is C7H11IO4S. The van der Waals surface area contributed by atoms with Gasteiger partial charge in [-0.05, 0) is 25.6 Å². The fraction of sp³-hybridized carbons (Fsp3) is 0.714. The highest BCUT2D eigenvalue weighted by molar-refractivity contribution is 14.1. The molecule has 0 bridgehead atoms. The molecule has 76 valence electrons. The summed E-state index contributed by atoms with van der Waals surface area (Å²) in [6, 6.07) is 0. The van der Waals surface area contributed by atoms with E-state index in [1.54, 1.807) is 6.92 Å². The SMILES string of the molecule is CCOC(=O)COC(=O)SC(C)I. The second kappa shape index (κ2) is 7.43. The molecule has 1 atom stereocenters. The van der Waals surface area contributed by atoms with E-state index in [0.29, 0.717) is 6.61 Å². The van der Waals surface area contributed by atoms with Gasteiger partial charge in [-0.1, -0.05) is 22.6 Å². The van der Waals surface area contributed by atoms with Gasteiger partial charge in [0.05, 0.1) is 9.86 Å². The summed E-state index contributed by atoms with van der Waals surface area (Å²) in [7, 11) is 0. The number of carbonyl (C=O) groups excluding carboxylic acids is 2. The van der Waals surface area contributed by atoms with Crippen molar-refractivity contribution >= 4 is 45.6 Å². The highest BCUT2D eigenvalue weighted by atomic mass is 127. The van der Waals surface area contributed by atoms with E-state index in [2.05, 4.69) is 32.1 Å². The Hall–Kier alpha value is 0.0200. The first-order valence-electron chi connectivity index (χ1n) is 3.69. The van der Waals surface area contributed by atoms with Crippen LogP contribution < -0.4 is 0 Å². The lowest BCUT2D eigenvalue weighted by Gasteiger charge is -2.04.